The Morgan fingerprint density at radius 3 is 2.69 bits per heavy atom. The first kappa shape index (κ1) is 12.4. The average Bonchev–Trinajstić information content (AvgIpc) is 1.98. The van der Waals surface area contributed by atoms with Gasteiger partial charge in [0.05, 0.1) is 6.16 Å². The van der Waals surface area contributed by atoms with Crippen molar-refractivity contribution in [3.05, 3.63) is 12.7 Å². The summed E-state index contributed by atoms with van der Waals surface area (Å²) in [6.45, 7) is 6.72. The SMILES string of the molecule is C=CC(=O)NOP(=O)(O)CC(C)C. The molecule has 0 aliphatic heterocycles. The molecule has 0 spiro atoms. The molecule has 1 atom stereocenters. The molecule has 0 radical (unpaired) electrons. The Morgan fingerprint density at radius 2 is 2.31 bits per heavy atom. The van der Waals surface area contributed by atoms with E-state index in [-0.39, 0.29) is 12.1 Å². The molecule has 13 heavy (non-hydrogen) atoms. The number of carbonyl (C=O) groups excluding carboxylic acids is 1. The summed E-state index contributed by atoms with van der Waals surface area (Å²) in [4.78, 5) is 19.7. The summed E-state index contributed by atoms with van der Waals surface area (Å²) in [6, 6.07) is 0. The van der Waals surface area contributed by atoms with E-state index in [0.717, 1.165) is 6.08 Å². The summed E-state index contributed by atoms with van der Waals surface area (Å²) >= 11 is 0. The van der Waals surface area contributed by atoms with Gasteiger partial charge in [0, 0.05) is 0 Å². The van der Waals surface area contributed by atoms with Crippen molar-refractivity contribution in [1.82, 2.24) is 5.48 Å². The lowest BCUT2D eigenvalue weighted by atomic mass is 10.3. The van der Waals surface area contributed by atoms with Gasteiger partial charge < -0.3 is 4.89 Å². The van der Waals surface area contributed by atoms with Crippen LogP contribution < -0.4 is 5.48 Å². The highest BCUT2D eigenvalue weighted by molar-refractivity contribution is 7.52. The molecule has 0 fully saturated rings. The second kappa shape index (κ2) is 5.17. The van der Waals surface area contributed by atoms with Crippen LogP contribution in [0.4, 0.5) is 0 Å². The van der Waals surface area contributed by atoms with Gasteiger partial charge in [0.2, 0.25) is 0 Å². The van der Waals surface area contributed by atoms with Crippen LogP contribution in [0, 0.1) is 5.92 Å². The van der Waals surface area contributed by atoms with Crippen molar-refractivity contribution in [3.8, 4) is 0 Å². The van der Waals surface area contributed by atoms with Gasteiger partial charge in [0.15, 0.2) is 0 Å². The molecule has 1 amide bonds. The van der Waals surface area contributed by atoms with E-state index in [0.29, 0.717) is 0 Å². The molecule has 0 saturated heterocycles. The van der Waals surface area contributed by atoms with Crippen molar-refractivity contribution >= 4 is 13.5 Å². The third-order valence-corrected chi connectivity index (χ3v) is 2.64. The van der Waals surface area contributed by atoms with E-state index in [1.807, 2.05) is 5.48 Å². The van der Waals surface area contributed by atoms with Crippen LogP contribution in [0.2, 0.25) is 0 Å². The molecule has 0 aliphatic rings. The molecule has 0 bridgehead atoms. The van der Waals surface area contributed by atoms with E-state index in [4.69, 9.17) is 4.89 Å². The maximum atomic E-state index is 11.1. The van der Waals surface area contributed by atoms with Crippen LogP contribution >= 0.6 is 7.60 Å². The molecule has 76 valence electrons. The van der Waals surface area contributed by atoms with Gasteiger partial charge in [-0.25, -0.2) is 5.48 Å². The van der Waals surface area contributed by atoms with Crippen molar-refractivity contribution in [1.29, 1.82) is 0 Å². The molecule has 2 N–H and O–H groups in total. The first-order chi connectivity index (χ1) is 5.87. The third-order valence-electron chi connectivity index (χ3n) is 1.07. The second-order valence-electron chi connectivity index (χ2n) is 2.98. The lowest BCUT2D eigenvalue weighted by Crippen LogP contribution is -2.21. The fraction of sp³-hybridized carbons (Fsp3) is 0.571. The van der Waals surface area contributed by atoms with Crippen LogP contribution in [0.3, 0.4) is 0 Å². The van der Waals surface area contributed by atoms with Crippen molar-refractivity contribution < 1.29 is 18.9 Å². The normalized spacial score (nSPS) is 15.1. The van der Waals surface area contributed by atoms with Gasteiger partial charge in [-0.05, 0) is 12.0 Å². The maximum absolute atomic E-state index is 11.1. The van der Waals surface area contributed by atoms with Gasteiger partial charge >= 0.3 is 7.60 Å². The topological polar surface area (TPSA) is 75.6 Å². The van der Waals surface area contributed by atoms with Crippen molar-refractivity contribution in [2.75, 3.05) is 6.16 Å². The van der Waals surface area contributed by atoms with E-state index in [9.17, 15) is 9.36 Å². The van der Waals surface area contributed by atoms with Gasteiger partial charge in [-0.15, -0.1) is 0 Å². The molecule has 0 aromatic carbocycles. The summed E-state index contributed by atoms with van der Waals surface area (Å²) in [5.41, 5.74) is 1.81. The van der Waals surface area contributed by atoms with Crippen LogP contribution in [0.15, 0.2) is 12.7 Å². The standard InChI is InChI=1S/C7H14NO4P/c1-4-7(9)8-12-13(10,11)5-6(2)3/h4,6H,1,5H2,2-3H3,(H,8,9)(H,10,11). The van der Waals surface area contributed by atoms with Gasteiger partial charge in [-0.2, -0.15) is 4.62 Å². The zero-order valence-electron chi connectivity index (χ0n) is 7.69. The van der Waals surface area contributed by atoms with Crippen LogP contribution in [0.25, 0.3) is 0 Å². The molecular formula is C7H14NO4P. The summed E-state index contributed by atoms with van der Waals surface area (Å²) in [6.07, 6.45) is 0.958. The highest BCUT2D eigenvalue weighted by atomic mass is 31.2. The van der Waals surface area contributed by atoms with Crippen LogP contribution in [0.1, 0.15) is 13.8 Å². The molecule has 0 aromatic heterocycles. The Bertz CT molecular complexity index is 239. The summed E-state index contributed by atoms with van der Waals surface area (Å²) in [7, 11) is -3.70. The lowest BCUT2D eigenvalue weighted by molar-refractivity contribution is -0.123. The van der Waals surface area contributed by atoms with Crippen LogP contribution in [-0.4, -0.2) is 17.0 Å². The number of hydrogen-bond donors (Lipinski definition) is 2. The minimum Gasteiger partial charge on any atom is -0.323 e. The average molecular weight is 207 g/mol. The van der Waals surface area contributed by atoms with Gasteiger partial charge in [-0.1, -0.05) is 20.4 Å². The van der Waals surface area contributed by atoms with Crippen molar-refractivity contribution in [2.24, 2.45) is 5.92 Å². The van der Waals surface area contributed by atoms with E-state index >= 15 is 0 Å². The Morgan fingerprint density at radius 1 is 1.77 bits per heavy atom. The zero-order chi connectivity index (χ0) is 10.5. The first-order valence-corrected chi connectivity index (χ1v) is 5.56. The summed E-state index contributed by atoms with van der Waals surface area (Å²) in [5.74, 6) is -0.616. The van der Waals surface area contributed by atoms with E-state index in [1.165, 1.54) is 0 Å². The van der Waals surface area contributed by atoms with Crippen molar-refractivity contribution in [3.63, 3.8) is 0 Å². The van der Waals surface area contributed by atoms with Gasteiger partial charge in [0.25, 0.3) is 5.91 Å². The predicted octanol–water partition coefficient (Wildman–Crippen LogP) is 1.06. The second-order valence-corrected chi connectivity index (χ2v) is 4.80. The quantitative estimate of drug-likeness (QED) is 0.401. The molecule has 0 aliphatic carbocycles. The fourth-order valence-electron chi connectivity index (χ4n) is 0.657. The third kappa shape index (κ3) is 6.51. The zero-order valence-corrected chi connectivity index (χ0v) is 8.58. The Balaban J connectivity index is 3.96. The Labute approximate surface area is 77.3 Å². The highest BCUT2D eigenvalue weighted by Crippen LogP contribution is 2.42. The largest absolute Gasteiger partial charge is 0.349 e. The maximum Gasteiger partial charge on any atom is 0.349 e. The molecule has 0 saturated carbocycles. The molecule has 5 nitrogen and oxygen atoms in total. The number of hydroxylamine groups is 1. The Kier molecular flexibility index (Phi) is 4.91. The van der Waals surface area contributed by atoms with Gasteiger partial charge in [0.1, 0.15) is 0 Å². The fourth-order valence-corrected chi connectivity index (χ4v) is 1.89. The monoisotopic (exact) mass is 207 g/mol. The number of carbonyl (C=O) groups is 1. The number of hydrogen-bond acceptors (Lipinski definition) is 3. The molecule has 0 heterocycles. The number of amides is 1. The smallest absolute Gasteiger partial charge is 0.323 e. The minimum atomic E-state index is -3.70. The Hall–Kier alpha value is -0.640. The molecule has 6 heteroatoms. The predicted molar refractivity (Wildman–Crippen MR) is 49.0 cm³/mol. The molecule has 0 aromatic rings. The number of rotatable bonds is 5. The summed E-state index contributed by atoms with van der Waals surface area (Å²) < 4.78 is 15.5. The van der Waals surface area contributed by atoms with Crippen LogP contribution in [0.5, 0.6) is 0 Å². The lowest BCUT2D eigenvalue weighted by Gasteiger charge is -2.12. The van der Waals surface area contributed by atoms with Crippen molar-refractivity contribution in [2.45, 2.75) is 13.8 Å². The molecular weight excluding hydrogens is 193 g/mol. The summed E-state index contributed by atoms with van der Waals surface area (Å²) in [5, 5.41) is 0. The van der Waals surface area contributed by atoms with E-state index in [1.54, 1.807) is 13.8 Å². The number of nitrogens with one attached hydrogen (secondary N) is 1. The molecule has 0 rings (SSSR count). The van der Waals surface area contributed by atoms with E-state index < -0.39 is 13.5 Å². The molecule has 1 unspecified atom stereocenters. The van der Waals surface area contributed by atoms with E-state index in [2.05, 4.69) is 11.2 Å². The minimum absolute atomic E-state index is 0.00439. The highest BCUT2D eigenvalue weighted by Gasteiger charge is 2.22. The van der Waals surface area contributed by atoms with Crippen LogP contribution in [-0.2, 0) is 14.0 Å². The first-order valence-electron chi connectivity index (χ1n) is 3.80. The van der Waals surface area contributed by atoms with Gasteiger partial charge in [-0.3, -0.25) is 9.36 Å².